The quantitative estimate of drug-likeness (QED) is 0.288. The molecular formula is C24H24N2O7. The van der Waals surface area contributed by atoms with Crippen LogP contribution in [0.5, 0.6) is 23.0 Å². The third kappa shape index (κ3) is 4.62. The number of nitrogens with zero attached hydrogens (tertiary/aromatic N) is 2. The summed E-state index contributed by atoms with van der Waals surface area (Å²) in [6.07, 6.45) is -0.196. The number of hydrogen-bond acceptors (Lipinski definition) is 7. The average molecular weight is 452 g/mol. The molecule has 0 spiro atoms. The number of nitro groups is 1. The van der Waals surface area contributed by atoms with Gasteiger partial charge in [-0.25, -0.2) is 0 Å². The van der Waals surface area contributed by atoms with Crippen LogP contribution in [0, 0.1) is 24.0 Å². The van der Waals surface area contributed by atoms with Gasteiger partial charge in [0.2, 0.25) is 5.78 Å². The summed E-state index contributed by atoms with van der Waals surface area (Å²) in [5.74, 6) is 1.63. The Morgan fingerprint density at radius 2 is 1.91 bits per heavy atom. The van der Waals surface area contributed by atoms with Crippen LogP contribution in [0.1, 0.15) is 21.7 Å². The zero-order valence-electron chi connectivity index (χ0n) is 18.6. The molecule has 4 rings (SSSR count). The van der Waals surface area contributed by atoms with Crippen molar-refractivity contribution < 1.29 is 28.7 Å². The maximum atomic E-state index is 12.9. The fourth-order valence-corrected chi connectivity index (χ4v) is 3.83. The number of fused-ring (bicyclic) bond motifs is 1. The van der Waals surface area contributed by atoms with Gasteiger partial charge in [0.25, 0.3) is 5.69 Å². The van der Waals surface area contributed by atoms with Crippen LogP contribution in [0.3, 0.4) is 0 Å². The van der Waals surface area contributed by atoms with Gasteiger partial charge in [0.15, 0.2) is 35.7 Å². The second kappa shape index (κ2) is 9.23. The van der Waals surface area contributed by atoms with E-state index in [1.165, 1.54) is 25.3 Å². The van der Waals surface area contributed by atoms with Crippen molar-refractivity contribution in [2.24, 2.45) is 0 Å². The lowest BCUT2D eigenvalue weighted by molar-refractivity contribution is -0.385. The predicted octanol–water partition coefficient (Wildman–Crippen LogP) is 4.12. The normalized spacial score (nSPS) is 14.6. The van der Waals surface area contributed by atoms with Crippen molar-refractivity contribution in [1.29, 1.82) is 0 Å². The number of Topliss-reactive ketones (excluding diaryl/α,β-unsaturated/α-hetero) is 1. The zero-order valence-corrected chi connectivity index (χ0v) is 18.6. The maximum Gasteiger partial charge on any atom is 0.273 e. The number of ether oxygens (including phenoxy) is 4. The summed E-state index contributed by atoms with van der Waals surface area (Å²) in [6, 6.07) is 13.3. The molecule has 0 amide bonds. The summed E-state index contributed by atoms with van der Waals surface area (Å²) in [5, 5.41) is 11.0. The lowest BCUT2D eigenvalue weighted by Gasteiger charge is -2.27. The number of para-hydroxylation sites is 2. The van der Waals surface area contributed by atoms with Crippen molar-refractivity contribution in [1.82, 2.24) is 4.57 Å². The molecule has 0 bridgehead atoms. The minimum Gasteiger partial charge on any atom is -0.493 e. The van der Waals surface area contributed by atoms with Crippen molar-refractivity contribution in [3.05, 3.63) is 75.6 Å². The number of carbonyl (C=O) groups is 1. The molecule has 0 saturated carbocycles. The zero-order chi connectivity index (χ0) is 23.5. The number of rotatable bonds is 8. The Balaban J connectivity index is 1.46. The monoisotopic (exact) mass is 452 g/mol. The largest absolute Gasteiger partial charge is 0.493 e. The fourth-order valence-electron chi connectivity index (χ4n) is 3.83. The van der Waals surface area contributed by atoms with E-state index in [-0.39, 0.29) is 29.9 Å². The Kier molecular flexibility index (Phi) is 6.21. The Hall–Kier alpha value is -4.01. The van der Waals surface area contributed by atoms with E-state index in [4.69, 9.17) is 18.9 Å². The molecule has 1 unspecified atom stereocenters. The molecule has 1 aromatic heterocycles. The van der Waals surface area contributed by atoms with Crippen molar-refractivity contribution in [3.63, 3.8) is 0 Å². The number of ketones is 1. The molecule has 0 fully saturated rings. The van der Waals surface area contributed by atoms with Gasteiger partial charge in [-0.05, 0) is 38.1 Å². The van der Waals surface area contributed by atoms with Crippen LogP contribution < -0.4 is 18.9 Å². The lowest BCUT2D eigenvalue weighted by Crippen LogP contribution is -2.33. The van der Waals surface area contributed by atoms with Crippen LogP contribution in [-0.2, 0) is 6.54 Å². The molecule has 3 aromatic rings. The first-order valence-electron chi connectivity index (χ1n) is 10.4. The van der Waals surface area contributed by atoms with E-state index in [0.29, 0.717) is 30.2 Å². The van der Waals surface area contributed by atoms with Gasteiger partial charge in [-0.15, -0.1) is 0 Å². The van der Waals surface area contributed by atoms with E-state index in [0.717, 1.165) is 17.1 Å². The fraction of sp³-hybridized carbons (Fsp3) is 0.292. The van der Waals surface area contributed by atoms with Gasteiger partial charge < -0.3 is 23.5 Å². The van der Waals surface area contributed by atoms with Crippen LogP contribution in [0.15, 0.2) is 48.5 Å². The third-order valence-electron chi connectivity index (χ3n) is 5.54. The molecule has 2 heterocycles. The number of nitro benzene ring substituents is 1. The Morgan fingerprint density at radius 3 is 2.64 bits per heavy atom. The van der Waals surface area contributed by atoms with Gasteiger partial charge in [-0.2, -0.15) is 0 Å². The van der Waals surface area contributed by atoms with E-state index in [9.17, 15) is 14.9 Å². The average Bonchev–Trinajstić information content (AvgIpc) is 3.10. The van der Waals surface area contributed by atoms with Gasteiger partial charge >= 0.3 is 0 Å². The molecule has 1 aliphatic heterocycles. The number of benzene rings is 2. The first kappa shape index (κ1) is 22.2. The Bertz CT molecular complexity index is 1200. The Morgan fingerprint density at radius 1 is 1.15 bits per heavy atom. The highest BCUT2D eigenvalue weighted by atomic mass is 16.6. The highest BCUT2D eigenvalue weighted by Crippen LogP contribution is 2.33. The van der Waals surface area contributed by atoms with E-state index in [1.54, 1.807) is 0 Å². The molecule has 0 radical (unpaired) electrons. The minimum atomic E-state index is -0.531. The van der Waals surface area contributed by atoms with Gasteiger partial charge in [0.1, 0.15) is 6.61 Å². The van der Waals surface area contributed by atoms with Crippen molar-refractivity contribution in [3.8, 4) is 23.0 Å². The second-order valence-corrected chi connectivity index (χ2v) is 7.70. The van der Waals surface area contributed by atoms with Gasteiger partial charge in [-0.3, -0.25) is 14.9 Å². The molecule has 9 heteroatoms. The molecule has 9 nitrogen and oxygen atoms in total. The van der Waals surface area contributed by atoms with Crippen LogP contribution >= 0.6 is 0 Å². The maximum absolute atomic E-state index is 12.9. The second-order valence-electron chi connectivity index (χ2n) is 7.70. The molecule has 0 saturated heterocycles. The third-order valence-corrected chi connectivity index (χ3v) is 5.54. The topological polar surface area (TPSA) is 102 Å². The van der Waals surface area contributed by atoms with E-state index in [1.807, 2.05) is 48.7 Å². The number of aromatic nitrogens is 1. The number of carbonyl (C=O) groups excluding carboxylic acids is 1. The summed E-state index contributed by atoms with van der Waals surface area (Å²) in [4.78, 5) is 23.4. The molecule has 0 N–H and O–H groups in total. The van der Waals surface area contributed by atoms with Crippen molar-refractivity contribution in [2.45, 2.75) is 26.5 Å². The van der Waals surface area contributed by atoms with Crippen LogP contribution in [0.4, 0.5) is 5.69 Å². The highest BCUT2D eigenvalue weighted by molar-refractivity contribution is 5.98. The van der Waals surface area contributed by atoms with E-state index >= 15 is 0 Å². The van der Waals surface area contributed by atoms with Gasteiger partial charge in [0, 0.05) is 23.0 Å². The Labute approximate surface area is 190 Å². The van der Waals surface area contributed by atoms with Crippen LogP contribution in [0.2, 0.25) is 0 Å². The van der Waals surface area contributed by atoms with Crippen LogP contribution in [-0.4, -0.2) is 41.7 Å². The number of hydrogen-bond donors (Lipinski definition) is 0. The van der Waals surface area contributed by atoms with Gasteiger partial charge in [-0.1, -0.05) is 12.1 Å². The lowest BCUT2D eigenvalue weighted by atomic mass is 10.1. The number of methoxy groups -OCH3 is 1. The SMILES string of the molecule is COc1ccc([N+](=O)[O-])cc1OCC(=O)c1cc(C)n(CC2COc3ccccc3O2)c1C. The first-order valence-corrected chi connectivity index (χ1v) is 10.4. The predicted molar refractivity (Wildman–Crippen MR) is 120 cm³/mol. The molecule has 2 aromatic carbocycles. The minimum absolute atomic E-state index is 0.139. The van der Waals surface area contributed by atoms with E-state index in [2.05, 4.69) is 0 Å². The summed E-state index contributed by atoms with van der Waals surface area (Å²) >= 11 is 0. The molecular weight excluding hydrogens is 428 g/mol. The summed E-state index contributed by atoms with van der Waals surface area (Å²) in [6.45, 7) is 4.45. The van der Waals surface area contributed by atoms with Crippen molar-refractivity contribution >= 4 is 11.5 Å². The highest BCUT2D eigenvalue weighted by Gasteiger charge is 2.24. The number of non-ortho nitro benzene ring substituents is 1. The summed E-state index contributed by atoms with van der Waals surface area (Å²) < 4.78 is 24.6. The molecule has 1 atom stereocenters. The van der Waals surface area contributed by atoms with E-state index < -0.39 is 4.92 Å². The molecule has 0 aliphatic carbocycles. The standard InChI is InChI=1S/C24H24N2O7/c1-15-10-19(20(27)14-32-24-11-17(26(28)29)8-9-21(24)30-3)16(2)25(15)12-18-13-31-22-6-4-5-7-23(22)33-18/h4-11,18H,12-14H2,1-3H3. The first-order chi connectivity index (χ1) is 15.9. The smallest absolute Gasteiger partial charge is 0.273 e. The summed E-state index contributed by atoms with van der Waals surface area (Å²) in [7, 11) is 1.43. The molecule has 1 aliphatic rings. The summed E-state index contributed by atoms with van der Waals surface area (Å²) in [5.41, 5.74) is 2.07. The molecule has 33 heavy (non-hydrogen) atoms. The van der Waals surface area contributed by atoms with Crippen LogP contribution in [0.25, 0.3) is 0 Å². The molecule has 172 valence electrons. The van der Waals surface area contributed by atoms with Gasteiger partial charge in [0.05, 0.1) is 24.6 Å². The number of aryl methyl sites for hydroxylation is 1. The van der Waals surface area contributed by atoms with Crippen molar-refractivity contribution in [2.75, 3.05) is 20.3 Å².